The number of rotatable bonds is 10. The van der Waals surface area contributed by atoms with Crippen LogP contribution in [0, 0.1) is 0 Å². The number of methoxy groups -OCH3 is 1. The minimum atomic E-state index is -0.000835. The molecular formula is C27H26N2O3S. The molecule has 5 nitrogen and oxygen atoms in total. The van der Waals surface area contributed by atoms with Gasteiger partial charge in [-0.15, -0.1) is 11.3 Å². The molecule has 0 aliphatic heterocycles. The first kappa shape index (κ1) is 22.6. The van der Waals surface area contributed by atoms with Crippen LogP contribution in [0.4, 0.5) is 0 Å². The van der Waals surface area contributed by atoms with E-state index in [0.29, 0.717) is 37.5 Å². The Labute approximate surface area is 198 Å². The first-order valence-corrected chi connectivity index (χ1v) is 11.7. The molecule has 6 heteroatoms. The van der Waals surface area contributed by atoms with Crippen LogP contribution in [0.3, 0.4) is 0 Å². The van der Waals surface area contributed by atoms with Gasteiger partial charge in [-0.2, -0.15) is 0 Å². The number of hydrogen-bond donors (Lipinski definition) is 1. The molecule has 2 aromatic heterocycles. The van der Waals surface area contributed by atoms with Gasteiger partial charge in [0.15, 0.2) is 11.5 Å². The molecule has 0 unspecified atom stereocenters. The summed E-state index contributed by atoms with van der Waals surface area (Å²) in [5, 5.41) is 5.04. The summed E-state index contributed by atoms with van der Waals surface area (Å²) in [6.07, 6.45) is 4.64. The maximum Gasteiger partial charge on any atom is 0.220 e. The van der Waals surface area contributed by atoms with Gasteiger partial charge in [-0.25, -0.2) is 0 Å². The van der Waals surface area contributed by atoms with Gasteiger partial charge in [-0.1, -0.05) is 42.5 Å². The molecular weight excluding hydrogens is 432 g/mol. The van der Waals surface area contributed by atoms with Crippen LogP contribution >= 0.6 is 11.3 Å². The third kappa shape index (κ3) is 6.43. The Morgan fingerprint density at radius 1 is 0.939 bits per heavy atom. The number of carbonyl (C=O) groups is 1. The van der Waals surface area contributed by atoms with Gasteiger partial charge < -0.3 is 14.8 Å². The van der Waals surface area contributed by atoms with Crippen molar-refractivity contribution >= 4 is 17.2 Å². The molecule has 0 radical (unpaired) electrons. The summed E-state index contributed by atoms with van der Waals surface area (Å²) < 4.78 is 11.4. The molecule has 1 N–H and O–H groups in total. The van der Waals surface area contributed by atoms with Crippen molar-refractivity contribution < 1.29 is 14.3 Å². The molecule has 33 heavy (non-hydrogen) atoms. The first-order chi connectivity index (χ1) is 16.2. The second-order valence-electron chi connectivity index (χ2n) is 7.60. The minimum absolute atomic E-state index is 0.000835. The van der Waals surface area contributed by atoms with E-state index in [1.54, 1.807) is 24.6 Å². The second kappa shape index (κ2) is 11.3. The van der Waals surface area contributed by atoms with Crippen molar-refractivity contribution in [3.63, 3.8) is 0 Å². The molecule has 2 heterocycles. The largest absolute Gasteiger partial charge is 0.493 e. The van der Waals surface area contributed by atoms with Crippen LogP contribution in [0.1, 0.15) is 23.1 Å². The normalized spacial score (nSPS) is 10.6. The number of benzene rings is 2. The number of ether oxygens (including phenoxy) is 2. The predicted molar refractivity (Wildman–Crippen MR) is 131 cm³/mol. The number of carbonyl (C=O) groups excluding carboxylic acids is 1. The number of thiophene rings is 1. The maximum absolute atomic E-state index is 12.4. The van der Waals surface area contributed by atoms with Crippen molar-refractivity contribution in [1.82, 2.24) is 10.3 Å². The highest BCUT2D eigenvalue weighted by molar-refractivity contribution is 7.13. The lowest BCUT2D eigenvalue weighted by atomic mass is 10.1. The van der Waals surface area contributed by atoms with Crippen LogP contribution in [0.15, 0.2) is 84.5 Å². The average molecular weight is 459 g/mol. The van der Waals surface area contributed by atoms with Crippen LogP contribution in [0.2, 0.25) is 0 Å². The lowest BCUT2D eigenvalue weighted by Gasteiger charge is -2.13. The van der Waals surface area contributed by atoms with Crippen molar-refractivity contribution in [2.24, 2.45) is 0 Å². The summed E-state index contributed by atoms with van der Waals surface area (Å²) in [6, 6.07) is 21.9. The monoisotopic (exact) mass is 458 g/mol. The predicted octanol–water partition coefficient (Wildman–Crippen LogP) is 5.65. The zero-order chi connectivity index (χ0) is 22.9. The molecule has 168 valence electrons. The van der Waals surface area contributed by atoms with Crippen LogP contribution in [0.25, 0.3) is 10.4 Å². The van der Waals surface area contributed by atoms with Crippen molar-refractivity contribution in [3.05, 3.63) is 101 Å². The zero-order valence-corrected chi connectivity index (χ0v) is 19.3. The van der Waals surface area contributed by atoms with Gasteiger partial charge in [-0.05, 0) is 52.8 Å². The molecule has 0 aliphatic carbocycles. The molecule has 4 rings (SSSR count). The lowest BCUT2D eigenvalue weighted by molar-refractivity contribution is -0.121. The summed E-state index contributed by atoms with van der Waals surface area (Å²) in [7, 11) is 1.63. The highest BCUT2D eigenvalue weighted by Crippen LogP contribution is 2.29. The molecule has 0 fully saturated rings. The fourth-order valence-electron chi connectivity index (χ4n) is 3.43. The van der Waals surface area contributed by atoms with Crippen LogP contribution in [-0.4, -0.2) is 18.0 Å². The minimum Gasteiger partial charge on any atom is -0.493 e. The van der Waals surface area contributed by atoms with E-state index in [0.717, 1.165) is 22.3 Å². The van der Waals surface area contributed by atoms with Crippen molar-refractivity contribution in [3.8, 4) is 21.9 Å². The fourth-order valence-corrected chi connectivity index (χ4v) is 4.14. The summed E-state index contributed by atoms with van der Waals surface area (Å²) in [4.78, 5) is 17.9. The zero-order valence-electron chi connectivity index (χ0n) is 18.5. The fraction of sp³-hybridized carbons (Fsp3) is 0.185. The lowest BCUT2D eigenvalue weighted by Crippen LogP contribution is -2.23. The Kier molecular flexibility index (Phi) is 7.72. The van der Waals surface area contributed by atoms with E-state index < -0.39 is 0 Å². The van der Waals surface area contributed by atoms with E-state index in [-0.39, 0.29) is 5.91 Å². The van der Waals surface area contributed by atoms with Gasteiger partial charge >= 0.3 is 0 Å². The van der Waals surface area contributed by atoms with E-state index in [2.05, 4.69) is 22.4 Å². The summed E-state index contributed by atoms with van der Waals surface area (Å²) >= 11 is 1.67. The number of amides is 1. The Hall–Kier alpha value is -3.64. The number of aromatic nitrogens is 1. The first-order valence-electron chi connectivity index (χ1n) is 10.8. The summed E-state index contributed by atoms with van der Waals surface area (Å²) in [5.74, 6) is 1.35. The number of nitrogens with zero attached hydrogens (tertiary/aromatic N) is 1. The number of hydrogen-bond acceptors (Lipinski definition) is 5. The van der Waals surface area contributed by atoms with E-state index in [1.165, 1.54) is 4.88 Å². The molecule has 0 bridgehead atoms. The standard InChI is InChI=1S/C27H26N2O3S/c1-31-24-11-9-20(15-25(24)32-19-21-6-3-2-4-7-21)10-12-27(30)29-17-22-14-23(18-28-16-22)26-8-5-13-33-26/h2-9,11,13-16,18H,10,12,17,19H2,1H3,(H,29,30). The molecule has 2 aromatic carbocycles. The summed E-state index contributed by atoms with van der Waals surface area (Å²) in [6.45, 7) is 0.915. The van der Waals surface area contributed by atoms with Gasteiger partial charge in [0.1, 0.15) is 6.61 Å². The molecule has 0 saturated carbocycles. The summed E-state index contributed by atoms with van der Waals surface area (Å²) in [5.41, 5.74) is 4.16. The molecule has 1 amide bonds. The van der Waals surface area contributed by atoms with Gasteiger partial charge in [-0.3, -0.25) is 9.78 Å². The van der Waals surface area contributed by atoms with Crippen molar-refractivity contribution in [2.45, 2.75) is 26.0 Å². The van der Waals surface area contributed by atoms with Crippen LogP contribution in [-0.2, 0) is 24.4 Å². The van der Waals surface area contributed by atoms with Gasteiger partial charge in [0.05, 0.1) is 7.11 Å². The van der Waals surface area contributed by atoms with E-state index >= 15 is 0 Å². The highest BCUT2D eigenvalue weighted by atomic mass is 32.1. The SMILES string of the molecule is COc1ccc(CCC(=O)NCc2cncc(-c3cccs3)c2)cc1OCc1ccccc1. The smallest absolute Gasteiger partial charge is 0.220 e. The Morgan fingerprint density at radius 3 is 2.61 bits per heavy atom. The Morgan fingerprint density at radius 2 is 1.82 bits per heavy atom. The second-order valence-corrected chi connectivity index (χ2v) is 8.54. The van der Waals surface area contributed by atoms with E-state index in [1.807, 2.05) is 66.2 Å². The number of pyridine rings is 1. The van der Waals surface area contributed by atoms with Gasteiger partial charge in [0.25, 0.3) is 0 Å². The molecule has 4 aromatic rings. The topological polar surface area (TPSA) is 60.5 Å². The molecule has 0 aliphatic rings. The van der Waals surface area contributed by atoms with E-state index in [9.17, 15) is 4.79 Å². The quantitative estimate of drug-likeness (QED) is 0.334. The van der Waals surface area contributed by atoms with Gasteiger partial charge in [0.2, 0.25) is 5.91 Å². The average Bonchev–Trinajstić information content (AvgIpc) is 3.41. The Bertz CT molecular complexity index is 1180. The van der Waals surface area contributed by atoms with Crippen LogP contribution < -0.4 is 14.8 Å². The third-order valence-corrected chi connectivity index (χ3v) is 6.12. The Balaban J connectivity index is 1.30. The molecule has 0 atom stereocenters. The van der Waals surface area contributed by atoms with Crippen LogP contribution in [0.5, 0.6) is 11.5 Å². The van der Waals surface area contributed by atoms with Crippen molar-refractivity contribution in [2.75, 3.05) is 7.11 Å². The number of nitrogens with one attached hydrogen (secondary N) is 1. The van der Waals surface area contributed by atoms with Gasteiger partial charge in [0, 0.05) is 35.8 Å². The maximum atomic E-state index is 12.4. The third-order valence-electron chi connectivity index (χ3n) is 5.20. The molecule has 0 saturated heterocycles. The molecule has 0 spiro atoms. The number of aryl methyl sites for hydroxylation is 1. The van der Waals surface area contributed by atoms with Crippen molar-refractivity contribution in [1.29, 1.82) is 0 Å². The van der Waals surface area contributed by atoms with E-state index in [4.69, 9.17) is 9.47 Å². The highest BCUT2D eigenvalue weighted by Gasteiger charge is 2.09.